The molecule has 1 aromatic rings. The highest BCUT2D eigenvalue weighted by Crippen LogP contribution is 2.12. The third-order valence-corrected chi connectivity index (χ3v) is 3.00. The summed E-state index contributed by atoms with van der Waals surface area (Å²) in [5.41, 5.74) is 11.0. The van der Waals surface area contributed by atoms with Gasteiger partial charge in [-0.05, 0) is 26.0 Å². The van der Waals surface area contributed by atoms with E-state index in [2.05, 4.69) is 5.32 Å². The quantitative estimate of drug-likeness (QED) is 0.686. The van der Waals surface area contributed by atoms with Gasteiger partial charge in [0.15, 0.2) is 0 Å². The Bertz CT molecular complexity index is 526. The van der Waals surface area contributed by atoms with Crippen molar-refractivity contribution in [1.29, 1.82) is 0 Å². The van der Waals surface area contributed by atoms with Crippen LogP contribution in [0.5, 0.6) is 0 Å². The number of carbonyl (C=O) groups excluding carboxylic acids is 2. The van der Waals surface area contributed by atoms with E-state index in [0.717, 1.165) is 0 Å². The molecule has 0 unspecified atom stereocenters. The lowest BCUT2D eigenvalue weighted by molar-refractivity contribution is -0.125. The lowest BCUT2D eigenvalue weighted by Crippen LogP contribution is -2.42. The van der Waals surface area contributed by atoms with Crippen LogP contribution in [0.2, 0.25) is 0 Å². The van der Waals surface area contributed by atoms with Crippen molar-refractivity contribution in [3.63, 3.8) is 0 Å². The lowest BCUT2D eigenvalue weighted by atomic mass is 9.92. The Morgan fingerprint density at radius 3 is 2.37 bits per heavy atom. The van der Waals surface area contributed by atoms with E-state index >= 15 is 0 Å². The number of hydrogen-bond donors (Lipinski definition) is 3. The first kappa shape index (κ1) is 15.1. The van der Waals surface area contributed by atoms with Crippen LogP contribution in [0.25, 0.3) is 0 Å². The minimum atomic E-state index is -0.795. The van der Waals surface area contributed by atoms with Crippen LogP contribution < -0.4 is 16.8 Å². The molecule has 0 bridgehead atoms. The monoisotopic (exact) mass is 279 g/mol. The summed E-state index contributed by atoms with van der Waals surface area (Å²) in [7, 11) is 0. The molecule has 1 aromatic carbocycles. The zero-order valence-electron chi connectivity index (χ0n) is 10.9. The normalized spacial score (nSPS) is 10.8. The van der Waals surface area contributed by atoms with Crippen molar-refractivity contribution in [3.8, 4) is 0 Å². The van der Waals surface area contributed by atoms with E-state index in [1.165, 1.54) is 0 Å². The van der Waals surface area contributed by atoms with Gasteiger partial charge in [0.05, 0.1) is 5.41 Å². The van der Waals surface area contributed by atoms with Gasteiger partial charge in [-0.15, -0.1) is 0 Å². The van der Waals surface area contributed by atoms with Crippen LogP contribution in [-0.4, -0.2) is 23.3 Å². The average Bonchev–Trinajstić information content (AvgIpc) is 2.36. The number of benzene rings is 1. The molecule has 0 aliphatic carbocycles. The largest absolute Gasteiger partial charge is 0.389 e. The molecule has 0 radical (unpaired) electrons. The standard InChI is InChI=1S/C13H17N3O2S/c1-13(2,12(15)18)7-16-11(17)9-5-3-4-8(6-9)10(14)19/h3-6H,7H2,1-2H3,(H2,14,19)(H2,15,18)(H,16,17). The zero-order valence-corrected chi connectivity index (χ0v) is 11.7. The molecule has 0 saturated heterocycles. The van der Waals surface area contributed by atoms with Crippen LogP contribution in [-0.2, 0) is 4.79 Å². The molecule has 6 heteroatoms. The number of hydrogen-bond acceptors (Lipinski definition) is 3. The molecular formula is C13H17N3O2S. The minimum absolute atomic E-state index is 0.165. The first-order valence-corrected chi connectivity index (χ1v) is 6.13. The van der Waals surface area contributed by atoms with Gasteiger partial charge in [0, 0.05) is 17.7 Å². The number of amides is 2. The second-order valence-electron chi connectivity index (χ2n) is 4.88. The Morgan fingerprint density at radius 1 is 1.26 bits per heavy atom. The molecule has 0 spiro atoms. The van der Waals surface area contributed by atoms with Gasteiger partial charge in [-0.1, -0.05) is 24.4 Å². The Labute approximate surface area is 117 Å². The molecule has 1 rings (SSSR count). The highest BCUT2D eigenvalue weighted by atomic mass is 32.1. The Hall–Kier alpha value is -1.95. The van der Waals surface area contributed by atoms with E-state index < -0.39 is 11.3 Å². The molecule has 5 N–H and O–H groups in total. The molecule has 0 atom stereocenters. The average molecular weight is 279 g/mol. The van der Waals surface area contributed by atoms with Crippen LogP contribution in [0.4, 0.5) is 0 Å². The maximum Gasteiger partial charge on any atom is 0.251 e. The van der Waals surface area contributed by atoms with Gasteiger partial charge in [-0.25, -0.2) is 0 Å². The van der Waals surface area contributed by atoms with Crippen molar-refractivity contribution in [2.75, 3.05) is 6.54 Å². The van der Waals surface area contributed by atoms with Gasteiger partial charge in [-0.3, -0.25) is 9.59 Å². The fraction of sp³-hybridized carbons (Fsp3) is 0.308. The Morgan fingerprint density at radius 2 is 1.84 bits per heavy atom. The van der Waals surface area contributed by atoms with Crippen LogP contribution in [0, 0.1) is 5.41 Å². The molecule has 0 aromatic heterocycles. The Balaban J connectivity index is 2.77. The molecule has 0 heterocycles. The Kier molecular flexibility index (Phi) is 4.61. The van der Waals surface area contributed by atoms with Crippen molar-refractivity contribution < 1.29 is 9.59 Å². The molecule has 2 amide bonds. The molecule has 19 heavy (non-hydrogen) atoms. The van der Waals surface area contributed by atoms with Crippen molar-refractivity contribution in [2.45, 2.75) is 13.8 Å². The maximum absolute atomic E-state index is 11.9. The van der Waals surface area contributed by atoms with Crippen LogP contribution in [0.1, 0.15) is 29.8 Å². The predicted molar refractivity (Wildman–Crippen MR) is 77.6 cm³/mol. The molecule has 0 aliphatic heterocycles. The third kappa shape index (κ3) is 4.03. The van der Waals surface area contributed by atoms with E-state index in [1.54, 1.807) is 38.1 Å². The van der Waals surface area contributed by atoms with Gasteiger partial charge in [0.2, 0.25) is 5.91 Å². The van der Waals surface area contributed by atoms with Crippen LogP contribution in [0.15, 0.2) is 24.3 Å². The predicted octanol–water partition coefficient (Wildman–Crippen LogP) is 0.562. The van der Waals surface area contributed by atoms with Crippen molar-refractivity contribution >= 4 is 29.0 Å². The van der Waals surface area contributed by atoms with Gasteiger partial charge in [0.1, 0.15) is 4.99 Å². The fourth-order valence-electron chi connectivity index (χ4n) is 1.30. The smallest absolute Gasteiger partial charge is 0.251 e. The maximum atomic E-state index is 11.9. The van der Waals surface area contributed by atoms with Crippen LogP contribution >= 0.6 is 12.2 Å². The number of nitrogens with one attached hydrogen (secondary N) is 1. The minimum Gasteiger partial charge on any atom is -0.389 e. The zero-order chi connectivity index (χ0) is 14.6. The molecule has 0 aliphatic rings. The third-order valence-electron chi connectivity index (χ3n) is 2.77. The number of nitrogens with two attached hydrogens (primary N) is 2. The molecule has 0 saturated carbocycles. The molecular weight excluding hydrogens is 262 g/mol. The number of thiocarbonyl (C=S) groups is 1. The van der Waals surface area contributed by atoms with E-state index in [4.69, 9.17) is 23.7 Å². The lowest BCUT2D eigenvalue weighted by Gasteiger charge is -2.20. The van der Waals surface area contributed by atoms with Gasteiger partial charge >= 0.3 is 0 Å². The van der Waals surface area contributed by atoms with Gasteiger partial charge < -0.3 is 16.8 Å². The van der Waals surface area contributed by atoms with Crippen molar-refractivity contribution in [1.82, 2.24) is 5.32 Å². The number of rotatable bonds is 5. The topological polar surface area (TPSA) is 98.2 Å². The summed E-state index contributed by atoms with van der Waals surface area (Å²) in [5, 5.41) is 2.66. The summed E-state index contributed by atoms with van der Waals surface area (Å²) in [6.07, 6.45) is 0. The van der Waals surface area contributed by atoms with E-state index in [9.17, 15) is 9.59 Å². The highest BCUT2D eigenvalue weighted by molar-refractivity contribution is 7.80. The fourth-order valence-corrected chi connectivity index (χ4v) is 1.43. The first-order valence-electron chi connectivity index (χ1n) is 5.72. The van der Waals surface area contributed by atoms with E-state index in [-0.39, 0.29) is 17.4 Å². The molecule has 0 fully saturated rings. The van der Waals surface area contributed by atoms with E-state index in [0.29, 0.717) is 11.1 Å². The van der Waals surface area contributed by atoms with Crippen molar-refractivity contribution in [2.24, 2.45) is 16.9 Å². The highest BCUT2D eigenvalue weighted by Gasteiger charge is 2.25. The summed E-state index contributed by atoms with van der Waals surface area (Å²) < 4.78 is 0. The summed E-state index contributed by atoms with van der Waals surface area (Å²) >= 11 is 4.85. The molecule has 5 nitrogen and oxygen atoms in total. The van der Waals surface area contributed by atoms with Gasteiger partial charge in [0.25, 0.3) is 5.91 Å². The van der Waals surface area contributed by atoms with Gasteiger partial charge in [-0.2, -0.15) is 0 Å². The first-order chi connectivity index (χ1) is 8.74. The van der Waals surface area contributed by atoms with E-state index in [1.807, 2.05) is 0 Å². The molecule has 102 valence electrons. The number of carbonyl (C=O) groups is 2. The second-order valence-corrected chi connectivity index (χ2v) is 5.32. The van der Waals surface area contributed by atoms with Crippen molar-refractivity contribution in [3.05, 3.63) is 35.4 Å². The summed E-state index contributed by atoms with van der Waals surface area (Å²) in [4.78, 5) is 23.3. The summed E-state index contributed by atoms with van der Waals surface area (Å²) in [6, 6.07) is 6.68. The number of primary amides is 1. The summed E-state index contributed by atoms with van der Waals surface area (Å²) in [5.74, 6) is -0.767. The summed E-state index contributed by atoms with van der Waals surface area (Å²) in [6.45, 7) is 3.50. The second kappa shape index (κ2) is 5.79. The van der Waals surface area contributed by atoms with Crippen LogP contribution in [0.3, 0.4) is 0 Å². The SMILES string of the molecule is CC(C)(CNC(=O)c1cccc(C(N)=S)c1)C(N)=O.